The van der Waals surface area contributed by atoms with E-state index in [2.05, 4.69) is 10.1 Å². The molecule has 0 aliphatic heterocycles. The van der Waals surface area contributed by atoms with Gasteiger partial charge in [-0.1, -0.05) is 12.1 Å². The van der Waals surface area contributed by atoms with Crippen LogP contribution in [0.25, 0.3) is 0 Å². The van der Waals surface area contributed by atoms with Crippen molar-refractivity contribution >= 4 is 29.6 Å². The molecule has 114 valence electrons. The van der Waals surface area contributed by atoms with Crippen molar-refractivity contribution in [2.75, 3.05) is 19.1 Å². The Balaban J connectivity index is 2.92. The summed E-state index contributed by atoms with van der Waals surface area (Å²) < 4.78 is 4.61. The highest BCUT2D eigenvalue weighted by molar-refractivity contribution is 7.98. The predicted octanol–water partition coefficient (Wildman–Crippen LogP) is 1.41. The third-order valence-corrected chi connectivity index (χ3v) is 3.44. The number of methoxy groups -OCH3 is 1. The summed E-state index contributed by atoms with van der Waals surface area (Å²) in [6.07, 6.45) is 2.16. The molecule has 0 unspecified atom stereocenters. The van der Waals surface area contributed by atoms with E-state index in [-0.39, 0.29) is 11.1 Å². The number of ether oxygens (including phenoxy) is 1. The smallest absolute Gasteiger partial charge is 0.338 e. The van der Waals surface area contributed by atoms with Crippen molar-refractivity contribution in [3.8, 4) is 0 Å². The first kappa shape index (κ1) is 17.0. The van der Waals surface area contributed by atoms with Crippen molar-refractivity contribution in [3.63, 3.8) is 0 Å². The van der Waals surface area contributed by atoms with E-state index in [1.165, 1.54) is 31.0 Å². The number of aliphatic carboxylic acids is 1. The fourth-order valence-electron chi connectivity index (χ4n) is 1.70. The van der Waals surface area contributed by atoms with Crippen molar-refractivity contribution in [2.45, 2.75) is 12.5 Å². The molecule has 1 rings (SSSR count). The molecule has 0 heterocycles. The molecule has 1 amide bonds. The molecule has 2 N–H and O–H groups in total. The summed E-state index contributed by atoms with van der Waals surface area (Å²) in [6.45, 7) is 0. The second kappa shape index (κ2) is 8.31. The van der Waals surface area contributed by atoms with Crippen LogP contribution in [0, 0.1) is 0 Å². The number of nitrogens with one attached hydrogen (secondary N) is 1. The maximum atomic E-state index is 12.2. The minimum absolute atomic E-state index is 0.0970. The van der Waals surface area contributed by atoms with Gasteiger partial charge in [-0.2, -0.15) is 11.8 Å². The molecule has 0 saturated heterocycles. The van der Waals surface area contributed by atoms with Gasteiger partial charge in [0.05, 0.1) is 18.2 Å². The van der Waals surface area contributed by atoms with E-state index in [9.17, 15) is 14.4 Å². The number of thioether (sulfide) groups is 1. The Bertz CT molecular complexity index is 532. The number of hydrogen-bond acceptors (Lipinski definition) is 5. The molecule has 1 atom stereocenters. The monoisotopic (exact) mass is 311 g/mol. The van der Waals surface area contributed by atoms with Gasteiger partial charge in [0, 0.05) is 0 Å². The molecule has 0 bridgehead atoms. The summed E-state index contributed by atoms with van der Waals surface area (Å²) in [7, 11) is 1.22. The molecule has 21 heavy (non-hydrogen) atoms. The zero-order valence-corrected chi connectivity index (χ0v) is 12.6. The van der Waals surface area contributed by atoms with Crippen LogP contribution in [0.4, 0.5) is 0 Å². The second-order valence-electron chi connectivity index (χ2n) is 4.18. The van der Waals surface area contributed by atoms with Crippen LogP contribution in [0.3, 0.4) is 0 Å². The molecule has 7 heteroatoms. The summed E-state index contributed by atoms with van der Waals surface area (Å²) in [4.78, 5) is 34.9. The Morgan fingerprint density at radius 3 is 2.43 bits per heavy atom. The Morgan fingerprint density at radius 1 is 1.29 bits per heavy atom. The van der Waals surface area contributed by atoms with Crippen molar-refractivity contribution < 1.29 is 24.2 Å². The third-order valence-electron chi connectivity index (χ3n) is 2.79. The van der Waals surface area contributed by atoms with Gasteiger partial charge in [-0.25, -0.2) is 9.59 Å². The quantitative estimate of drug-likeness (QED) is 0.740. The lowest BCUT2D eigenvalue weighted by atomic mass is 10.1. The molecule has 0 fully saturated rings. The molecular formula is C14H17NO5S. The Hall–Kier alpha value is -2.02. The van der Waals surface area contributed by atoms with E-state index in [0.717, 1.165) is 0 Å². The van der Waals surface area contributed by atoms with E-state index < -0.39 is 23.9 Å². The SMILES string of the molecule is COC(=O)c1ccccc1C(=O)N[C@@H](CCSC)C(=O)O. The molecule has 0 aromatic heterocycles. The van der Waals surface area contributed by atoms with Crippen molar-refractivity contribution in [1.29, 1.82) is 0 Å². The van der Waals surface area contributed by atoms with Gasteiger partial charge in [0.25, 0.3) is 5.91 Å². The Kier molecular flexibility index (Phi) is 6.74. The zero-order chi connectivity index (χ0) is 15.8. The van der Waals surface area contributed by atoms with Crippen molar-refractivity contribution in [3.05, 3.63) is 35.4 Å². The highest BCUT2D eigenvalue weighted by atomic mass is 32.2. The topological polar surface area (TPSA) is 92.7 Å². The first-order chi connectivity index (χ1) is 10.0. The minimum Gasteiger partial charge on any atom is -0.480 e. The number of esters is 1. The first-order valence-corrected chi connectivity index (χ1v) is 7.60. The summed E-state index contributed by atoms with van der Waals surface area (Å²) in [6, 6.07) is 5.12. The van der Waals surface area contributed by atoms with Gasteiger partial charge in [-0.05, 0) is 30.6 Å². The summed E-state index contributed by atoms with van der Waals surface area (Å²) in [5.74, 6) is -1.75. The highest BCUT2D eigenvalue weighted by Crippen LogP contribution is 2.11. The Morgan fingerprint density at radius 2 is 1.90 bits per heavy atom. The van der Waals surface area contributed by atoms with Crippen LogP contribution in [0.15, 0.2) is 24.3 Å². The number of carbonyl (C=O) groups is 3. The molecule has 0 saturated carbocycles. The van der Waals surface area contributed by atoms with Crippen molar-refractivity contribution in [1.82, 2.24) is 5.32 Å². The van der Waals surface area contributed by atoms with E-state index in [4.69, 9.17) is 5.11 Å². The average Bonchev–Trinajstić information content (AvgIpc) is 2.50. The van der Waals surface area contributed by atoms with Crippen LogP contribution < -0.4 is 5.32 Å². The second-order valence-corrected chi connectivity index (χ2v) is 5.17. The highest BCUT2D eigenvalue weighted by Gasteiger charge is 2.23. The molecule has 0 spiro atoms. The lowest BCUT2D eigenvalue weighted by Crippen LogP contribution is -2.41. The van der Waals surface area contributed by atoms with Crippen LogP contribution in [-0.4, -0.2) is 48.1 Å². The van der Waals surface area contributed by atoms with Crippen LogP contribution in [0.1, 0.15) is 27.1 Å². The van der Waals surface area contributed by atoms with Crippen LogP contribution in [-0.2, 0) is 9.53 Å². The van der Waals surface area contributed by atoms with Gasteiger partial charge in [-0.15, -0.1) is 0 Å². The zero-order valence-electron chi connectivity index (χ0n) is 11.8. The molecule has 1 aromatic rings. The number of carboxylic acids is 1. The van der Waals surface area contributed by atoms with Crippen LogP contribution >= 0.6 is 11.8 Å². The number of carboxylic acid groups (broad SMARTS) is 1. The van der Waals surface area contributed by atoms with E-state index >= 15 is 0 Å². The van der Waals surface area contributed by atoms with Gasteiger partial charge in [0.1, 0.15) is 6.04 Å². The van der Waals surface area contributed by atoms with Gasteiger partial charge in [0.2, 0.25) is 0 Å². The number of benzene rings is 1. The molecule has 0 aliphatic carbocycles. The predicted molar refractivity (Wildman–Crippen MR) is 79.7 cm³/mol. The summed E-state index contributed by atoms with van der Waals surface area (Å²) >= 11 is 1.49. The third kappa shape index (κ3) is 4.78. The normalized spacial score (nSPS) is 11.5. The first-order valence-electron chi connectivity index (χ1n) is 6.21. The minimum atomic E-state index is -1.10. The largest absolute Gasteiger partial charge is 0.480 e. The van der Waals surface area contributed by atoms with Crippen LogP contribution in [0.5, 0.6) is 0 Å². The molecule has 0 aliphatic rings. The van der Waals surface area contributed by atoms with Gasteiger partial charge in [0.15, 0.2) is 0 Å². The Labute approximate surface area is 126 Å². The molecule has 6 nitrogen and oxygen atoms in total. The standard InChI is InChI=1S/C14H17NO5S/c1-20-14(19)10-6-4-3-5-9(10)12(16)15-11(13(17)18)7-8-21-2/h3-6,11H,7-8H2,1-2H3,(H,15,16)(H,17,18)/t11-/m0/s1. The number of amides is 1. The summed E-state index contributed by atoms with van der Waals surface area (Å²) in [5.41, 5.74) is 0.200. The van der Waals surface area contributed by atoms with E-state index in [1.807, 2.05) is 6.26 Å². The maximum Gasteiger partial charge on any atom is 0.338 e. The fraction of sp³-hybridized carbons (Fsp3) is 0.357. The van der Waals surface area contributed by atoms with Gasteiger partial charge >= 0.3 is 11.9 Å². The van der Waals surface area contributed by atoms with Gasteiger partial charge < -0.3 is 15.2 Å². The summed E-state index contributed by atoms with van der Waals surface area (Å²) in [5, 5.41) is 11.5. The molecule has 1 aromatic carbocycles. The number of hydrogen-bond donors (Lipinski definition) is 2. The lowest BCUT2D eigenvalue weighted by molar-refractivity contribution is -0.139. The van der Waals surface area contributed by atoms with Crippen LogP contribution in [0.2, 0.25) is 0 Å². The average molecular weight is 311 g/mol. The number of rotatable bonds is 7. The van der Waals surface area contributed by atoms with E-state index in [1.54, 1.807) is 12.1 Å². The lowest BCUT2D eigenvalue weighted by Gasteiger charge is -2.15. The fourth-order valence-corrected chi connectivity index (χ4v) is 2.17. The number of carbonyl (C=O) groups excluding carboxylic acids is 2. The van der Waals surface area contributed by atoms with Gasteiger partial charge in [-0.3, -0.25) is 4.79 Å². The van der Waals surface area contributed by atoms with Crippen molar-refractivity contribution in [2.24, 2.45) is 0 Å². The maximum absolute atomic E-state index is 12.2. The molecular weight excluding hydrogens is 294 g/mol. The molecule has 0 radical (unpaired) electrons. The van der Waals surface area contributed by atoms with E-state index in [0.29, 0.717) is 12.2 Å².